The summed E-state index contributed by atoms with van der Waals surface area (Å²) in [7, 11) is 0. The van der Waals surface area contributed by atoms with Gasteiger partial charge in [-0.3, -0.25) is 4.79 Å². The van der Waals surface area contributed by atoms with Crippen LogP contribution in [0.2, 0.25) is 5.02 Å². The van der Waals surface area contributed by atoms with E-state index in [9.17, 15) is 9.18 Å². The Morgan fingerprint density at radius 1 is 1.11 bits per heavy atom. The lowest BCUT2D eigenvalue weighted by Gasteiger charge is -2.43. The van der Waals surface area contributed by atoms with Crippen molar-refractivity contribution in [3.63, 3.8) is 0 Å². The number of piperazine rings is 1. The van der Waals surface area contributed by atoms with Gasteiger partial charge in [-0.05, 0) is 41.7 Å². The minimum atomic E-state index is -0.419. The van der Waals surface area contributed by atoms with Crippen molar-refractivity contribution in [3.05, 3.63) is 82.2 Å². The lowest BCUT2D eigenvalue weighted by atomic mass is 9.96. The number of rotatable bonds is 4. The fourth-order valence-electron chi connectivity index (χ4n) is 3.35. The first kappa shape index (κ1) is 28.7. The highest BCUT2D eigenvalue weighted by Crippen LogP contribution is 2.36. The number of carbonyl (C=O) groups is 1. The summed E-state index contributed by atoms with van der Waals surface area (Å²) in [5.74, 6) is 0.278. The summed E-state index contributed by atoms with van der Waals surface area (Å²) in [5.41, 5.74) is 5.28. The molecule has 1 saturated carbocycles. The molecule has 1 N–H and O–H groups in total. The number of hydrogen-bond donors (Lipinski definition) is 1. The SMILES string of the molecule is C1CC1.C=C1C(NC(=O)C(C)C)=CN2CCN(Cc3ccc(F)c(Cl)c3)C(=C)C2=C1C.CC(C)C. The molecule has 2 heterocycles. The van der Waals surface area contributed by atoms with Crippen molar-refractivity contribution < 1.29 is 9.18 Å². The lowest BCUT2D eigenvalue weighted by Crippen LogP contribution is -2.43. The predicted molar refractivity (Wildman–Crippen MR) is 145 cm³/mol. The predicted octanol–water partition coefficient (Wildman–Crippen LogP) is 7.40. The normalized spacial score (nSPS) is 16.8. The Bertz CT molecular complexity index is 1000. The maximum absolute atomic E-state index is 13.4. The van der Waals surface area contributed by atoms with Gasteiger partial charge in [-0.25, -0.2) is 4.39 Å². The first-order valence-corrected chi connectivity index (χ1v) is 12.9. The van der Waals surface area contributed by atoms with Crippen LogP contribution in [-0.4, -0.2) is 28.8 Å². The van der Waals surface area contributed by atoms with Crippen molar-refractivity contribution in [1.82, 2.24) is 15.1 Å². The molecule has 192 valence electrons. The fraction of sp³-hybridized carbons (Fsp3) is 0.483. The lowest BCUT2D eigenvalue weighted by molar-refractivity contribution is -0.123. The van der Waals surface area contributed by atoms with E-state index in [0.717, 1.165) is 52.8 Å². The highest BCUT2D eigenvalue weighted by Gasteiger charge is 2.30. The Balaban J connectivity index is 0.000000537. The first-order chi connectivity index (χ1) is 16.4. The summed E-state index contributed by atoms with van der Waals surface area (Å²) in [6.45, 7) is 22.7. The molecule has 0 spiro atoms. The summed E-state index contributed by atoms with van der Waals surface area (Å²) in [5, 5.41) is 3.08. The fourth-order valence-corrected chi connectivity index (χ4v) is 3.55. The van der Waals surface area contributed by atoms with E-state index < -0.39 is 5.82 Å². The van der Waals surface area contributed by atoms with Gasteiger partial charge in [0.25, 0.3) is 0 Å². The molecule has 0 radical (unpaired) electrons. The van der Waals surface area contributed by atoms with E-state index in [1.54, 1.807) is 12.1 Å². The average molecular weight is 502 g/mol. The van der Waals surface area contributed by atoms with Crippen LogP contribution in [0.4, 0.5) is 4.39 Å². The Kier molecular flexibility index (Phi) is 10.6. The maximum atomic E-state index is 13.4. The highest BCUT2D eigenvalue weighted by atomic mass is 35.5. The van der Waals surface area contributed by atoms with E-state index in [4.69, 9.17) is 11.6 Å². The van der Waals surface area contributed by atoms with Crippen molar-refractivity contribution >= 4 is 17.5 Å². The van der Waals surface area contributed by atoms with Crippen LogP contribution in [0.15, 0.2) is 65.8 Å². The van der Waals surface area contributed by atoms with E-state index in [0.29, 0.717) is 6.54 Å². The van der Waals surface area contributed by atoms with Crippen LogP contribution in [0.5, 0.6) is 0 Å². The van der Waals surface area contributed by atoms with Crippen LogP contribution >= 0.6 is 11.6 Å². The van der Waals surface area contributed by atoms with E-state index in [-0.39, 0.29) is 16.8 Å². The topological polar surface area (TPSA) is 35.6 Å². The number of allylic oxidation sites excluding steroid dienone is 1. The standard InChI is InChI=1S/C22H25ClFN3O.C4H10.C3H6/c1-13(2)22(28)25-20-12-27-9-8-26(16(5)21(27)15(4)14(20)3)11-17-6-7-19(24)18(23)10-17;1-4(2)3;1-2-3-1/h6-7,10,12-13H,3,5,8-9,11H2,1-2,4H3,(H,25,28);4H,1-3H3;1-3H2. The number of nitrogens with one attached hydrogen (secondary N) is 1. The molecular weight excluding hydrogens is 461 g/mol. The molecule has 1 aromatic carbocycles. The van der Waals surface area contributed by atoms with Gasteiger partial charge in [-0.15, -0.1) is 0 Å². The van der Waals surface area contributed by atoms with Gasteiger partial charge < -0.3 is 15.1 Å². The summed E-state index contributed by atoms with van der Waals surface area (Å²) >= 11 is 5.91. The van der Waals surface area contributed by atoms with Crippen LogP contribution in [0.3, 0.4) is 0 Å². The molecule has 4 nitrogen and oxygen atoms in total. The van der Waals surface area contributed by atoms with E-state index in [1.807, 2.05) is 27.0 Å². The molecule has 0 unspecified atom stereocenters. The first-order valence-electron chi connectivity index (χ1n) is 12.5. The molecule has 35 heavy (non-hydrogen) atoms. The summed E-state index contributed by atoms with van der Waals surface area (Å²) in [4.78, 5) is 16.4. The molecule has 0 atom stereocenters. The van der Waals surface area contributed by atoms with Gasteiger partial charge >= 0.3 is 0 Å². The minimum absolute atomic E-state index is 0.0331. The van der Waals surface area contributed by atoms with Crippen molar-refractivity contribution in [2.45, 2.75) is 67.3 Å². The van der Waals surface area contributed by atoms with Crippen molar-refractivity contribution in [1.29, 1.82) is 0 Å². The maximum Gasteiger partial charge on any atom is 0.226 e. The van der Waals surface area contributed by atoms with E-state index in [2.05, 4.69) is 49.0 Å². The smallest absolute Gasteiger partial charge is 0.226 e. The molecule has 1 aromatic rings. The number of halogens is 2. The number of fused-ring (bicyclic) bond motifs is 1. The monoisotopic (exact) mass is 501 g/mol. The molecule has 1 saturated heterocycles. The number of carbonyl (C=O) groups excluding carboxylic acids is 1. The van der Waals surface area contributed by atoms with Crippen LogP contribution in [0.25, 0.3) is 0 Å². The van der Waals surface area contributed by atoms with Gasteiger partial charge in [0.15, 0.2) is 0 Å². The molecule has 2 fully saturated rings. The Labute approximate surface area is 216 Å². The van der Waals surface area contributed by atoms with Crippen molar-refractivity contribution in [2.24, 2.45) is 11.8 Å². The van der Waals surface area contributed by atoms with Crippen molar-refractivity contribution in [2.75, 3.05) is 13.1 Å². The zero-order chi connectivity index (χ0) is 26.3. The van der Waals surface area contributed by atoms with Gasteiger partial charge in [0, 0.05) is 31.8 Å². The summed E-state index contributed by atoms with van der Waals surface area (Å²) in [6.07, 6.45) is 6.43. The molecule has 4 rings (SSSR count). The summed E-state index contributed by atoms with van der Waals surface area (Å²) < 4.78 is 13.4. The Hall–Kier alpha value is -2.53. The molecular formula is C29H41ClFN3O. The van der Waals surface area contributed by atoms with Crippen LogP contribution in [0, 0.1) is 17.7 Å². The molecule has 1 aliphatic carbocycles. The van der Waals surface area contributed by atoms with Gasteiger partial charge in [-0.2, -0.15) is 0 Å². The highest BCUT2D eigenvalue weighted by molar-refractivity contribution is 6.30. The third-order valence-corrected chi connectivity index (χ3v) is 5.75. The Morgan fingerprint density at radius 3 is 2.23 bits per heavy atom. The quantitative estimate of drug-likeness (QED) is 0.466. The second-order valence-electron chi connectivity index (χ2n) is 10.2. The largest absolute Gasteiger partial charge is 0.364 e. The van der Waals surface area contributed by atoms with Gasteiger partial charge in [0.2, 0.25) is 5.91 Å². The third kappa shape index (κ3) is 8.57. The number of amides is 1. The number of hydrogen-bond acceptors (Lipinski definition) is 3. The van der Waals surface area contributed by atoms with Gasteiger partial charge in [0.05, 0.1) is 22.1 Å². The molecule has 2 aliphatic heterocycles. The van der Waals surface area contributed by atoms with Gasteiger partial charge in [-0.1, -0.05) is 84.7 Å². The molecule has 6 heteroatoms. The molecule has 1 amide bonds. The van der Waals surface area contributed by atoms with Crippen LogP contribution < -0.4 is 5.32 Å². The van der Waals surface area contributed by atoms with Crippen LogP contribution in [-0.2, 0) is 11.3 Å². The zero-order valence-electron chi connectivity index (χ0n) is 22.2. The summed E-state index contributed by atoms with van der Waals surface area (Å²) in [6, 6.07) is 4.77. The second kappa shape index (κ2) is 13.0. The third-order valence-electron chi connectivity index (χ3n) is 5.46. The molecule has 3 aliphatic rings. The Morgan fingerprint density at radius 2 is 1.71 bits per heavy atom. The van der Waals surface area contributed by atoms with E-state index >= 15 is 0 Å². The van der Waals surface area contributed by atoms with Crippen molar-refractivity contribution in [3.8, 4) is 0 Å². The number of benzene rings is 1. The number of nitrogens with zero attached hydrogens (tertiary/aromatic N) is 2. The molecule has 0 bridgehead atoms. The molecule has 0 aromatic heterocycles. The minimum Gasteiger partial charge on any atom is -0.364 e. The zero-order valence-corrected chi connectivity index (χ0v) is 22.9. The van der Waals surface area contributed by atoms with Crippen LogP contribution in [0.1, 0.15) is 66.4 Å². The second-order valence-corrected chi connectivity index (χ2v) is 10.6. The average Bonchev–Trinajstić information content (AvgIpc) is 3.65. The van der Waals surface area contributed by atoms with E-state index in [1.165, 1.54) is 25.3 Å². The van der Waals surface area contributed by atoms with Gasteiger partial charge in [0.1, 0.15) is 5.82 Å².